The van der Waals surface area contributed by atoms with Crippen LogP contribution in [0.25, 0.3) is 0 Å². The van der Waals surface area contributed by atoms with E-state index < -0.39 is 4.92 Å². The van der Waals surface area contributed by atoms with Gasteiger partial charge in [-0.2, -0.15) is 0 Å². The molecule has 1 aliphatic rings. The molecule has 1 aliphatic heterocycles. The number of hydrogen-bond acceptors (Lipinski definition) is 6. The fraction of sp³-hybridized carbons (Fsp3) is 0.316. The molecule has 1 amide bonds. The lowest BCUT2D eigenvalue weighted by Crippen LogP contribution is -2.48. The van der Waals surface area contributed by atoms with Crippen LogP contribution in [0.4, 0.5) is 11.4 Å². The summed E-state index contributed by atoms with van der Waals surface area (Å²) in [6.45, 7) is 2.36. The number of nitro groups is 1. The zero-order valence-corrected chi connectivity index (χ0v) is 15.3. The third kappa shape index (κ3) is 3.94. The number of amides is 1. The van der Waals surface area contributed by atoms with Crippen molar-refractivity contribution in [3.05, 3.63) is 58.1 Å². The Morgan fingerprint density at radius 2 is 1.78 bits per heavy atom. The van der Waals surface area contributed by atoms with Gasteiger partial charge >= 0.3 is 0 Å². The quantitative estimate of drug-likeness (QED) is 0.593. The standard InChI is InChI=1S/C19H21N3O5/c1-26-16-5-3-4-14(12-16)20-8-10-21(11-9-20)19(23)17-13-15(22(24)25)6-7-18(17)27-2/h3-7,12-13H,8-11H2,1-2H3. The number of anilines is 1. The van der Waals surface area contributed by atoms with Gasteiger partial charge in [-0.3, -0.25) is 14.9 Å². The molecule has 0 spiro atoms. The molecule has 2 aromatic carbocycles. The second kappa shape index (κ2) is 7.94. The molecule has 1 saturated heterocycles. The fourth-order valence-electron chi connectivity index (χ4n) is 3.12. The van der Waals surface area contributed by atoms with Crippen LogP contribution in [0.2, 0.25) is 0 Å². The van der Waals surface area contributed by atoms with Crippen molar-refractivity contribution < 1.29 is 19.2 Å². The highest BCUT2D eigenvalue weighted by molar-refractivity contribution is 5.97. The maximum atomic E-state index is 12.9. The van der Waals surface area contributed by atoms with E-state index in [1.807, 2.05) is 24.3 Å². The highest BCUT2D eigenvalue weighted by Crippen LogP contribution is 2.27. The monoisotopic (exact) mass is 371 g/mol. The van der Waals surface area contributed by atoms with Crippen LogP contribution in [0.5, 0.6) is 11.5 Å². The molecule has 142 valence electrons. The van der Waals surface area contributed by atoms with Crippen LogP contribution in [0.15, 0.2) is 42.5 Å². The summed E-state index contributed by atoms with van der Waals surface area (Å²) in [6, 6.07) is 11.8. The van der Waals surface area contributed by atoms with Crippen LogP contribution in [0.3, 0.4) is 0 Å². The van der Waals surface area contributed by atoms with Gasteiger partial charge in [-0.1, -0.05) is 6.07 Å². The number of piperazine rings is 1. The van der Waals surface area contributed by atoms with Crippen molar-refractivity contribution in [2.24, 2.45) is 0 Å². The van der Waals surface area contributed by atoms with Crippen LogP contribution in [-0.4, -0.2) is 56.1 Å². The topological polar surface area (TPSA) is 85.2 Å². The molecule has 1 heterocycles. The van der Waals surface area contributed by atoms with Crippen LogP contribution in [0.1, 0.15) is 10.4 Å². The van der Waals surface area contributed by atoms with E-state index in [0.29, 0.717) is 31.9 Å². The number of nitro benzene ring substituents is 1. The zero-order chi connectivity index (χ0) is 19.4. The Balaban J connectivity index is 1.73. The molecule has 0 N–H and O–H groups in total. The highest BCUT2D eigenvalue weighted by atomic mass is 16.6. The number of methoxy groups -OCH3 is 2. The minimum Gasteiger partial charge on any atom is -0.497 e. The number of rotatable bonds is 5. The first-order valence-electron chi connectivity index (χ1n) is 8.54. The van der Waals surface area contributed by atoms with Crippen molar-refractivity contribution in [3.63, 3.8) is 0 Å². The maximum Gasteiger partial charge on any atom is 0.270 e. The van der Waals surface area contributed by atoms with Gasteiger partial charge in [0.25, 0.3) is 11.6 Å². The Kier molecular flexibility index (Phi) is 5.44. The molecular weight excluding hydrogens is 350 g/mol. The average molecular weight is 371 g/mol. The second-order valence-electron chi connectivity index (χ2n) is 6.12. The molecule has 0 radical (unpaired) electrons. The zero-order valence-electron chi connectivity index (χ0n) is 15.3. The molecule has 27 heavy (non-hydrogen) atoms. The number of carbonyl (C=O) groups excluding carboxylic acids is 1. The van der Waals surface area contributed by atoms with Crippen molar-refractivity contribution in [3.8, 4) is 11.5 Å². The van der Waals surface area contributed by atoms with E-state index in [1.54, 1.807) is 12.0 Å². The van der Waals surface area contributed by atoms with Crippen molar-refractivity contribution in [1.29, 1.82) is 0 Å². The fourth-order valence-corrected chi connectivity index (χ4v) is 3.12. The largest absolute Gasteiger partial charge is 0.497 e. The molecule has 1 fully saturated rings. The molecule has 0 atom stereocenters. The number of benzene rings is 2. The van der Waals surface area contributed by atoms with Crippen LogP contribution < -0.4 is 14.4 Å². The molecule has 2 aromatic rings. The predicted octanol–water partition coefficient (Wildman–Crippen LogP) is 2.57. The lowest BCUT2D eigenvalue weighted by molar-refractivity contribution is -0.384. The highest BCUT2D eigenvalue weighted by Gasteiger charge is 2.26. The lowest BCUT2D eigenvalue weighted by atomic mass is 10.1. The van der Waals surface area contributed by atoms with Gasteiger partial charge in [0.05, 0.1) is 24.7 Å². The van der Waals surface area contributed by atoms with E-state index in [1.165, 1.54) is 25.3 Å². The Morgan fingerprint density at radius 3 is 2.41 bits per heavy atom. The van der Waals surface area contributed by atoms with E-state index in [0.717, 1.165) is 11.4 Å². The molecular formula is C19H21N3O5. The van der Waals surface area contributed by atoms with Crippen molar-refractivity contribution in [2.45, 2.75) is 0 Å². The van der Waals surface area contributed by atoms with Gasteiger partial charge in [0, 0.05) is 50.1 Å². The van der Waals surface area contributed by atoms with Gasteiger partial charge in [0.2, 0.25) is 0 Å². The number of nitrogens with zero attached hydrogens (tertiary/aromatic N) is 3. The van der Waals surface area contributed by atoms with E-state index >= 15 is 0 Å². The summed E-state index contributed by atoms with van der Waals surface area (Å²) in [5, 5.41) is 11.0. The molecule has 8 heteroatoms. The van der Waals surface area contributed by atoms with E-state index in [9.17, 15) is 14.9 Å². The summed E-state index contributed by atoms with van der Waals surface area (Å²) in [7, 11) is 3.07. The number of non-ortho nitro benzene ring substituents is 1. The third-order valence-electron chi connectivity index (χ3n) is 4.61. The minimum absolute atomic E-state index is 0.130. The Morgan fingerprint density at radius 1 is 1.04 bits per heavy atom. The summed E-state index contributed by atoms with van der Waals surface area (Å²) < 4.78 is 10.5. The van der Waals surface area contributed by atoms with E-state index in [2.05, 4.69) is 4.90 Å². The first-order chi connectivity index (χ1) is 13.0. The van der Waals surface area contributed by atoms with Crippen molar-refractivity contribution in [2.75, 3.05) is 45.3 Å². The van der Waals surface area contributed by atoms with Gasteiger partial charge < -0.3 is 19.3 Å². The summed E-state index contributed by atoms with van der Waals surface area (Å²) in [6.07, 6.45) is 0. The van der Waals surface area contributed by atoms with Gasteiger partial charge in [0.1, 0.15) is 11.5 Å². The molecule has 8 nitrogen and oxygen atoms in total. The van der Waals surface area contributed by atoms with Gasteiger partial charge in [-0.05, 0) is 18.2 Å². The van der Waals surface area contributed by atoms with Crippen LogP contribution in [-0.2, 0) is 0 Å². The molecule has 0 aliphatic carbocycles. The number of ether oxygens (including phenoxy) is 2. The maximum absolute atomic E-state index is 12.9. The van der Waals surface area contributed by atoms with E-state index in [-0.39, 0.29) is 17.2 Å². The second-order valence-corrected chi connectivity index (χ2v) is 6.12. The molecule has 0 aromatic heterocycles. The summed E-state index contributed by atoms with van der Waals surface area (Å²) >= 11 is 0. The van der Waals surface area contributed by atoms with Gasteiger partial charge in [-0.15, -0.1) is 0 Å². The number of hydrogen-bond donors (Lipinski definition) is 0. The van der Waals surface area contributed by atoms with Crippen molar-refractivity contribution >= 4 is 17.3 Å². The number of carbonyl (C=O) groups is 1. The van der Waals surface area contributed by atoms with Crippen LogP contribution in [0, 0.1) is 10.1 Å². The Hall–Kier alpha value is -3.29. The summed E-state index contributed by atoms with van der Waals surface area (Å²) in [5.74, 6) is 0.856. The first-order valence-corrected chi connectivity index (χ1v) is 8.54. The summed E-state index contributed by atoms with van der Waals surface area (Å²) in [4.78, 5) is 27.3. The first kappa shape index (κ1) is 18.5. The van der Waals surface area contributed by atoms with Crippen molar-refractivity contribution in [1.82, 2.24) is 4.90 Å². The van der Waals surface area contributed by atoms with Crippen LogP contribution >= 0.6 is 0 Å². The summed E-state index contributed by atoms with van der Waals surface area (Å²) in [5.41, 5.74) is 1.12. The molecule has 3 rings (SSSR count). The third-order valence-corrected chi connectivity index (χ3v) is 4.61. The van der Waals surface area contributed by atoms with E-state index in [4.69, 9.17) is 9.47 Å². The van der Waals surface area contributed by atoms with Gasteiger partial charge in [-0.25, -0.2) is 0 Å². The SMILES string of the molecule is COc1cccc(N2CCN(C(=O)c3cc([N+](=O)[O-])ccc3OC)CC2)c1. The molecule has 0 unspecified atom stereocenters. The normalized spacial score (nSPS) is 14.0. The smallest absolute Gasteiger partial charge is 0.270 e. The molecule has 0 bridgehead atoms. The Labute approximate surface area is 157 Å². The van der Waals surface area contributed by atoms with Gasteiger partial charge in [0.15, 0.2) is 0 Å². The lowest BCUT2D eigenvalue weighted by Gasteiger charge is -2.36. The molecule has 0 saturated carbocycles. The predicted molar refractivity (Wildman–Crippen MR) is 101 cm³/mol. The Bertz CT molecular complexity index is 847. The average Bonchev–Trinajstić information content (AvgIpc) is 2.72. The minimum atomic E-state index is -0.517.